The van der Waals surface area contributed by atoms with E-state index in [4.69, 9.17) is 4.74 Å². The van der Waals surface area contributed by atoms with E-state index in [-0.39, 0.29) is 30.1 Å². The van der Waals surface area contributed by atoms with Crippen molar-refractivity contribution in [3.05, 3.63) is 35.9 Å². The highest BCUT2D eigenvalue weighted by molar-refractivity contribution is 5.85. The Morgan fingerprint density at radius 1 is 1.19 bits per heavy atom. The van der Waals surface area contributed by atoms with Crippen molar-refractivity contribution in [2.75, 3.05) is 46.4 Å². The van der Waals surface area contributed by atoms with Crippen LogP contribution in [0.15, 0.2) is 30.3 Å². The van der Waals surface area contributed by atoms with E-state index in [0.29, 0.717) is 26.1 Å². The second kappa shape index (κ2) is 12.7. The minimum Gasteiger partial charge on any atom is -0.383 e. The first-order chi connectivity index (χ1) is 12.2. The highest BCUT2D eigenvalue weighted by atomic mass is 35.5. The number of hydrogen-bond acceptors (Lipinski definition) is 4. The molecule has 26 heavy (non-hydrogen) atoms. The molecule has 0 bridgehead atoms. The number of hydrogen-bond donors (Lipinski definition) is 2. The fraction of sp³-hybridized carbons (Fsp3) is 0.579. The summed E-state index contributed by atoms with van der Waals surface area (Å²) in [4.78, 5) is 26.6. The summed E-state index contributed by atoms with van der Waals surface area (Å²) in [6.07, 6.45) is 2.13. The van der Waals surface area contributed by atoms with Gasteiger partial charge < -0.3 is 20.3 Å². The zero-order valence-electron chi connectivity index (χ0n) is 15.4. The SMILES string of the molecule is COCCNCCNC(=O)C1CCCN(C(=O)Cc2ccccc2)C1.Cl. The van der Waals surface area contributed by atoms with Crippen molar-refractivity contribution < 1.29 is 14.3 Å². The van der Waals surface area contributed by atoms with E-state index >= 15 is 0 Å². The van der Waals surface area contributed by atoms with Crippen molar-refractivity contribution in [1.29, 1.82) is 0 Å². The molecule has 1 aliphatic heterocycles. The van der Waals surface area contributed by atoms with Crippen molar-refractivity contribution in [3.8, 4) is 0 Å². The van der Waals surface area contributed by atoms with Gasteiger partial charge in [0.25, 0.3) is 0 Å². The summed E-state index contributed by atoms with van der Waals surface area (Å²) >= 11 is 0. The highest BCUT2D eigenvalue weighted by Gasteiger charge is 2.28. The van der Waals surface area contributed by atoms with Gasteiger partial charge in [-0.2, -0.15) is 0 Å². The molecule has 1 saturated heterocycles. The standard InChI is InChI=1S/C19H29N3O3.ClH/c1-25-13-11-20-9-10-21-19(24)17-8-5-12-22(15-17)18(23)14-16-6-3-2-4-7-16;/h2-4,6-7,17,20H,5,8-15H2,1H3,(H,21,24);1H. The van der Waals surface area contributed by atoms with Gasteiger partial charge in [0.2, 0.25) is 11.8 Å². The first kappa shape index (κ1) is 22.4. The number of halogens is 1. The molecule has 1 aliphatic rings. The third-order valence-electron chi connectivity index (χ3n) is 4.43. The van der Waals surface area contributed by atoms with Gasteiger partial charge in [0, 0.05) is 39.8 Å². The van der Waals surface area contributed by atoms with Crippen molar-refractivity contribution >= 4 is 24.2 Å². The first-order valence-electron chi connectivity index (χ1n) is 8.99. The third-order valence-corrected chi connectivity index (χ3v) is 4.43. The lowest BCUT2D eigenvalue weighted by atomic mass is 9.96. The predicted octanol–water partition coefficient (Wildman–Crippen LogP) is 1.24. The van der Waals surface area contributed by atoms with Crippen LogP contribution in [0, 0.1) is 5.92 Å². The van der Waals surface area contributed by atoms with E-state index in [1.165, 1.54) is 0 Å². The Morgan fingerprint density at radius 2 is 1.96 bits per heavy atom. The Labute approximate surface area is 162 Å². The van der Waals surface area contributed by atoms with Gasteiger partial charge in [-0.15, -0.1) is 12.4 Å². The lowest BCUT2D eigenvalue weighted by molar-refractivity contribution is -0.135. The Hall–Kier alpha value is -1.63. The second-order valence-electron chi connectivity index (χ2n) is 6.38. The van der Waals surface area contributed by atoms with Crippen LogP contribution in [-0.4, -0.2) is 63.2 Å². The monoisotopic (exact) mass is 383 g/mol. The number of methoxy groups -OCH3 is 1. The van der Waals surface area contributed by atoms with Gasteiger partial charge >= 0.3 is 0 Å². The summed E-state index contributed by atoms with van der Waals surface area (Å²) in [6, 6.07) is 9.75. The zero-order chi connectivity index (χ0) is 17.9. The van der Waals surface area contributed by atoms with Crippen LogP contribution >= 0.6 is 12.4 Å². The molecular weight excluding hydrogens is 354 g/mol. The van der Waals surface area contributed by atoms with Crippen molar-refractivity contribution in [1.82, 2.24) is 15.5 Å². The van der Waals surface area contributed by atoms with Crippen molar-refractivity contribution in [2.24, 2.45) is 5.92 Å². The largest absolute Gasteiger partial charge is 0.383 e. The molecule has 0 saturated carbocycles. The topological polar surface area (TPSA) is 70.7 Å². The number of ether oxygens (including phenoxy) is 1. The minimum absolute atomic E-state index is 0. The molecular formula is C19H30ClN3O3. The summed E-state index contributed by atoms with van der Waals surface area (Å²) in [5, 5.41) is 6.15. The average molecular weight is 384 g/mol. The van der Waals surface area contributed by atoms with E-state index in [0.717, 1.165) is 38.0 Å². The maximum atomic E-state index is 12.5. The molecule has 1 heterocycles. The fourth-order valence-electron chi connectivity index (χ4n) is 3.02. The number of carbonyl (C=O) groups is 2. The van der Waals surface area contributed by atoms with E-state index in [9.17, 15) is 9.59 Å². The molecule has 146 valence electrons. The van der Waals surface area contributed by atoms with E-state index in [2.05, 4.69) is 10.6 Å². The molecule has 0 spiro atoms. The molecule has 0 aromatic heterocycles. The van der Waals surface area contributed by atoms with Gasteiger partial charge in [-0.05, 0) is 18.4 Å². The van der Waals surface area contributed by atoms with Gasteiger partial charge in [-0.3, -0.25) is 9.59 Å². The van der Waals surface area contributed by atoms with E-state index in [1.807, 2.05) is 35.2 Å². The van der Waals surface area contributed by atoms with Crippen LogP contribution in [-0.2, 0) is 20.7 Å². The van der Waals surface area contributed by atoms with Crippen molar-refractivity contribution in [3.63, 3.8) is 0 Å². The van der Waals surface area contributed by atoms with Gasteiger partial charge in [0.1, 0.15) is 0 Å². The summed E-state index contributed by atoms with van der Waals surface area (Å²) < 4.78 is 4.95. The number of amides is 2. The van der Waals surface area contributed by atoms with Crippen molar-refractivity contribution in [2.45, 2.75) is 19.3 Å². The molecule has 1 atom stereocenters. The molecule has 0 aliphatic carbocycles. The zero-order valence-corrected chi connectivity index (χ0v) is 16.2. The highest BCUT2D eigenvalue weighted by Crippen LogP contribution is 2.17. The maximum Gasteiger partial charge on any atom is 0.227 e. The van der Waals surface area contributed by atoms with E-state index < -0.39 is 0 Å². The van der Waals surface area contributed by atoms with Crippen LogP contribution in [0.1, 0.15) is 18.4 Å². The molecule has 7 heteroatoms. The second-order valence-corrected chi connectivity index (χ2v) is 6.38. The summed E-state index contributed by atoms with van der Waals surface area (Å²) in [5.41, 5.74) is 1.02. The maximum absolute atomic E-state index is 12.5. The molecule has 1 aromatic carbocycles. The lowest BCUT2D eigenvalue weighted by Gasteiger charge is -2.32. The number of benzene rings is 1. The third kappa shape index (κ3) is 7.72. The van der Waals surface area contributed by atoms with Crippen LogP contribution < -0.4 is 10.6 Å². The van der Waals surface area contributed by atoms with Gasteiger partial charge in [0.15, 0.2) is 0 Å². The molecule has 1 fully saturated rings. The Morgan fingerprint density at radius 3 is 2.69 bits per heavy atom. The summed E-state index contributed by atoms with van der Waals surface area (Å²) in [6.45, 7) is 4.02. The Kier molecular flexibility index (Phi) is 10.9. The van der Waals surface area contributed by atoms with Gasteiger partial charge in [-0.25, -0.2) is 0 Å². The molecule has 0 radical (unpaired) electrons. The number of rotatable bonds is 9. The normalized spacial score (nSPS) is 16.7. The molecule has 1 unspecified atom stereocenters. The smallest absolute Gasteiger partial charge is 0.227 e. The number of piperidine rings is 1. The van der Waals surface area contributed by atoms with Crippen LogP contribution in [0.25, 0.3) is 0 Å². The predicted molar refractivity (Wildman–Crippen MR) is 104 cm³/mol. The Bertz CT molecular complexity index is 542. The molecule has 6 nitrogen and oxygen atoms in total. The lowest BCUT2D eigenvalue weighted by Crippen LogP contribution is -2.46. The minimum atomic E-state index is -0.104. The fourth-order valence-corrected chi connectivity index (χ4v) is 3.02. The summed E-state index contributed by atoms with van der Waals surface area (Å²) in [5.74, 6) is 0.0446. The molecule has 2 amide bonds. The Balaban J connectivity index is 0.00000338. The van der Waals surface area contributed by atoms with Gasteiger partial charge in [-0.1, -0.05) is 30.3 Å². The molecule has 2 N–H and O–H groups in total. The van der Waals surface area contributed by atoms with E-state index in [1.54, 1.807) is 7.11 Å². The number of nitrogens with zero attached hydrogens (tertiary/aromatic N) is 1. The number of nitrogens with one attached hydrogen (secondary N) is 2. The quantitative estimate of drug-likeness (QED) is 0.629. The summed E-state index contributed by atoms with van der Waals surface area (Å²) in [7, 11) is 1.66. The van der Waals surface area contributed by atoms with Crippen LogP contribution in [0.3, 0.4) is 0 Å². The van der Waals surface area contributed by atoms with Crippen LogP contribution in [0.2, 0.25) is 0 Å². The number of carbonyl (C=O) groups excluding carboxylic acids is 2. The number of likely N-dealkylation sites (tertiary alicyclic amines) is 1. The molecule has 2 rings (SSSR count). The first-order valence-corrected chi connectivity index (χ1v) is 8.99. The van der Waals surface area contributed by atoms with Crippen LogP contribution in [0.4, 0.5) is 0 Å². The van der Waals surface area contributed by atoms with Crippen LogP contribution in [0.5, 0.6) is 0 Å². The molecule has 1 aromatic rings. The average Bonchev–Trinajstić information content (AvgIpc) is 2.65. The van der Waals surface area contributed by atoms with Gasteiger partial charge in [0.05, 0.1) is 18.9 Å².